The van der Waals surface area contributed by atoms with Crippen LogP contribution in [0.4, 0.5) is 0 Å². The number of imidazole rings is 1. The minimum Gasteiger partial charge on any atom is -0.508 e. The largest absolute Gasteiger partial charge is 0.508 e. The standard InChI is InChI=1S/C11H12N2O2/c1-13-6-5-12-11(13)8-15-10-4-2-3-9(14)7-10/h2-7,14H,8H2,1H3. The summed E-state index contributed by atoms with van der Waals surface area (Å²) in [5.41, 5.74) is 0. The summed E-state index contributed by atoms with van der Waals surface area (Å²) in [6.07, 6.45) is 3.59. The molecule has 4 nitrogen and oxygen atoms in total. The van der Waals surface area contributed by atoms with Gasteiger partial charge < -0.3 is 14.4 Å². The molecule has 2 rings (SSSR count). The molecule has 2 aromatic rings. The monoisotopic (exact) mass is 204 g/mol. The summed E-state index contributed by atoms with van der Waals surface area (Å²) in [7, 11) is 1.91. The first kappa shape index (κ1) is 9.58. The van der Waals surface area contributed by atoms with E-state index in [1.807, 2.05) is 17.8 Å². The van der Waals surface area contributed by atoms with Crippen molar-refractivity contribution in [2.24, 2.45) is 7.05 Å². The number of benzene rings is 1. The van der Waals surface area contributed by atoms with Crippen LogP contribution in [0.3, 0.4) is 0 Å². The molecule has 0 saturated heterocycles. The van der Waals surface area contributed by atoms with E-state index in [2.05, 4.69) is 4.98 Å². The lowest BCUT2D eigenvalue weighted by Gasteiger charge is -2.05. The van der Waals surface area contributed by atoms with Crippen LogP contribution in [0.5, 0.6) is 11.5 Å². The van der Waals surface area contributed by atoms with Crippen LogP contribution >= 0.6 is 0 Å². The van der Waals surface area contributed by atoms with E-state index < -0.39 is 0 Å². The summed E-state index contributed by atoms with van der Waals surface area (Å²) < 4.78 is 7.36. The molecule has 0 radical (unpaired) electrons. The highest BCUT2D eigenvalue weighted by molar-refractivity contribution is 5.31. The van der Waals surface area contributed by atoms with Gasteiger partial charge in [-0.2, -0.15) is 0 Å². The minimum absolute atomic E-state index is 0.201. The number of phenols is 1. The molecule has 0 saturated carbocycles. The fourth-order valence-electron chi connectivity index (χ4n) is 1.26. The Hall–Kier alpha value is -1.97. The van der Waals surface area contributed by atoms with E-state index in [9.17, 15) is 5.11 Å². The van der Waals surface area contributed by atoms with Crippen molar-refractivity contribution < 1.29 is 9.84 Å². The Bertz CT molecular complexity index is 451. The highest BCUT2D eigenvalue weighted by atomic mass is 16.5. The average Bonchev–Trinajstić information content (AvgIpc) is 2.61. The van der Waals surface area contributed by atoms with E-state index in [-0.39, 0.29) is 5.75 Å². The number of aryl methyl sites for hydroxylation is 1. The second-order valence-electron chi connectivity index (χ2n) is 3.24. The van der Waals surface area contributed by atoms with Gasteiger partial charge in [0, 0.05) is 25.5 Å². The van der Waals surface area contributed by atoms with E-state index in [1.165, 1.54) is 0 Å². The predicted molar refractivity (Wildman–Crippen MR) is 55.6 cm³/mol. The number of rotatable bonds is 3. The molecule has 4 heteroatoms. The van der Waals surface area contributed by atoms with Gasteiger partial charge in [0.25, 0.3) is 0 Å². The third-order valence-corrected chi connectivity index (χ3v) is 2.11. The molecule has 1 heterocycles. The number of aromatic hydroxyl groups is 1. The van der Waals surface area contributed by atoms with Gasteiger partial charge in [-0.1, -0.05) is 6.07 Å². The molecule has 15 heavy (non-hydrogen) atoms. The molecule has 0 fully saturated rings. The van der Waals surface area contributed by atoms with Crippen LogP contribution in [0.15, 0.2) is 36.7 Å². The van der Waals surface area contributed by atoms with Crippen LogP contribution in [-0.2, 0) is 13.7 Å². The van der Waals surface area contributed by atoms with Gasteiger partial charge in [0.2, 0.25) is 0 Å². The van der Waals surface area contributed by atoms with E-state index in [0.717, 1.165) is 5.82 Å². The molecule has 0 aliphatic rings. The minimum atomic E-state index is 0.201. The van der Waals surface area contributed by atoms with Gasteiger partial charge in [-0.3, -0.25) is 0 Å². The van der Waals surface area contributed by atoms with Gasteiger partial charge in [0.1, 0.15) is 23.9 Å². The third kappa shape index (κ3) is 2.28. The number of ether oxygens (including phenoxy) is 1. The molecule has 1 N–H and O–H groups in total. The lowest BCUT2D eigenvalue weighted by molar-refractivity contribution is 0.290. The topological polar surface area (TPSA) is 47.3 Å². The van der Waals surface area contributed by atoms with E-state index in [4.69, 9.17) is 4.74 Å². The fourth-order valence-corrected chi connectivity index (χ4v) is 1.26. The van der Waals surface area contributed by atoms with E-state index in [1.54, 1.807) is 30.5 Å². The van der Waals surface area contributed by atoms with Gasteiger partial charge >= 0.3 is 0 Å². The number of hydrogen-bond acceptors (Lipinski definition) is 3. The number of phenolic OH excluding ortho intramolecular Hbond substituents is 1. The Morgan fingerprint density at radius 1 is 1.47 bits per heavy atom. The van der Waals surface area contributed by atoms with Crippen LogP contribution in [-0.4, -0.2) is 14.7 Å². The van der Waals surface area contributed by atoms with Gasteiger partial charge in [-0.05, 0) is 12.1 Å². The first-order chi connectivity index (χ1) is 7.25. The summed E-state index contributed by atoms with van der Waals surface area (Å²) >= 11 is 0. The van der Waals surface area contributed by atoms with E-state index in [0.29, 0.717) is 12.4 Å². The lowest BCUT2D eigenvalue weighted by atomic mass is 10.3. The lowest BCUT2D eigenvalue weighted by Crippen LogP contribution is -2.02. The maximum absolute atomic E-state index is 9.22. The molecular weight excluding hydrogens is 192 g/mol. The second-order valence-corrected chi connectivity index (χ2v) is 3.24. The summed E-state index contributed by atoms with van der Waals surface area (Å²) in [4.78, 5) is 4.13. The Balaban J connectivity index is 2.02. The summed E-state index contributed by atoms with van der Waals surface area (Å²) in [5.74, 6) is 1.68. The SMILES string of the molecule is Cn1ccnc1COc1cccc(O)c1. The van der Waals surface area contributed by atoms with Gasteiger partial charge in [0.05, 0.1) is 0 Å². The van der Waals surface area contributed by atoms with Crippen molar-refractivity contribution in [1.82, 2.24) is 9.55 Å². The summed E-state index contributed by atoms with van der Waals surface area (Å²) in [6.45, 7) is 0.396. The molecule has 0 unspecified atom stereocenters. The molecule has 78 valence electrons. The molecular formula is C11H12N2O2. The average molecular weight is 204 g/mol. The van der Waals surface area contributed by atoms with Crippen molar-refractivity contribution in [3.05, 3.63) is 42.5 Å². The molecule has 0 amide bonds. The first-order valence-corrected chi connectivity index (χ1v) is 4.64. The Morgan fingerprint density at radius 2 is 2.33 bits per heavy atom. The molecule has 0 bridgehead atoms. The molecule has 1 aromatic carbocycles. The first-order valence-electron chi connectivity index (χ1n) is 4.64. The number of aromatic nitrogens is 2. The van der Waals surface area contributed by atoms with Gasteiger partial charge in [-0.25, -0.2) is 4.98 Å². The molecule has 0 aliphatic heterocycles. The van der Waals surface area contributed by atoms with Crippen LogP contribution in [0, 0.1) is 0 Å². The normalized spacial score (nSPS) is 10.2. The Labute approximate surface area is 87.8 Å². The van der Waals surface area contributed by atoms with Crippen molar-refractivity contribution >= 4 is 0 Å². The summed E-state index contributed by atoms with van der Waals surface area (Å²) in [6, 6.07) is 6.71. The third-order valence-electron chi connectivity index (χ3n) is 2.11. The molecule has 0 atom stereocenters. The van der Waals surface area contributed by atoms with Crippen molar-refractivity contribution in [3.63, 3.8) is 0 Å². The van der Waals surface area contributed by atoms with Crippen molar-refractivity contribution in [2.75, 3.05) is 0 Å². The van der Waals surface area contributed by atoms with Gasteiger partial charge in [-0.15, -0.1) is 0 Å². The molecule has 0 aliphatic carbocycles. The maximum Gasteiger partial charge on any atom is 0.146 e. The van der Waals surface area contributed by atoms with Gasteiger partial charge in [0.15, 0.2) is 0 Å². The van der Waals surface area contributed by atoms with Crippen molar-refractivity contribution in [1.29, 1.82) is 0 Å². The number of hydrogen-bond donors (Lipinski definition) is 1. The highest BCUT2D eigenvalue weighted by Gasteiger charge is 2.00. The van der Waals surface area contributed by atoms with E-state index >= 15 is 0 Å². The predicted octanol–water partition coefficient (Wildman–Crippen LogP) is 1.70. The van der Waals surface area contributed by atoms with Crippen molar-refractivity contribution in [2.45, 2.75) is 6.61 Å². The van der Waals surface area contributed by atoms with Crippen LogP contribution in [0.25, 0.3) is 0 Å². The smallest absolute Gasteiger partial charge is 0.146 e. The zero-order valence-corrected chi connectivity index (χ0v) is 8.42. The zero-order valence-electron chi connectivity index (χ0n) is 8.42. The van der Waals surface area contributed by atoms with Crippen LogP contribution < -0.4 is 4.74 Å². The zero-order chi connectivity index (χ0) is 10.7. The Morgan fingerprint density at radius 3 is 3.00 bits per heavy atom. The summed E-state index contributed by atoms with van der Waals surface area (Å²) in [5, 5.41) is 9.22. The number of nitrogens with zero attached hydrogens (tertiary/aromatic N) is 2. The van der Waals surface area contributed by atoms with Crippen molar-refractivity contribution in [3.8, 4) is 11.5 Å². The Kier molecular flexibility index (Phi) is 2.58. The van der Waals surface area contributed by atoms with Crippen LogP contribution in [0.1, 0.15) is 5.82 Å². The second kappa shape index (κ2) is 4.04. The quantitative estimate of drug-likeness (QED) is 0.827. The highest BCUT2D eigenvalue weighted by Crippen LogP contribution is 2.18. The molecule has 1 aromatic heterocycles. The maximum atomic E-state index is 9.22. The fraction of sp³-hybridized carbons (Fsp3) is 0.182. The van der Waals surface area contributed by atoms with Crippen LogP contribution in [0.2, 0.25) is 0 Å². The molecule has 0 spiro atoms.